The molecule has 5 heteroatoms. The Labute approximate surface area is 191 Å². The van der Waals surface area contributed by atoms with E-state index in [1.165, 1.54) is 38.4 Å². The van der Waals surface area contributed by atoms with Gasteiger partial charge in [-0.1, -0.05) is 55.3 Å². The van der Waals surface area contributed by atoms with Gasteiger partial charge in [0, 0.05) is 31.0 Å². The summed E-state index contributed by atoms with van der Waals surface area (Å²) in [6.07, 6.45) is 7.44. The number of esters is 1. The first-order valence-corrected chi connectivity index (χ1v) is 11.8. The van der Waals surface area contributed by atoms with Crippen LogP contribution in [0, 0.1) is 0 Å². The average molecular weight is 435 g/mol. The van der Waals surface area contributed by atoms with Crippen LogP contribution in [-0.4, -0.2) is 43.0 Å². The Morgan fingerprint density at radius 2 is 1.81 bits per heavy atom. The molecule has 1 saturated carbocycles. The maximum Gasteiger partial charge on any atom is 0.337 e. The van der Waals surface area contributed by atoms with Crippen molar-refractivity contribution in [2.24, 2.45) is 0 Å². The van der Waals surface area contributed by atoms with E-state index in [0.29, 0.717) is 23.9 Å². The summed E-state index contributed by atoms with van der Waals surface area (Å²) in [5.74, 6) is 0.00152. The van der Waals surface area contributed by atoms with E-state index < -0.39 is 0 Å². The van der Waals surface area contributed by atoms with Crippen LogP contribution < -0.4 is 5.32 Å². The molecule has 1 heterocycles. The number of hydrogen-bond donors (Lipinski definition) is 1. The minimum absolute atomic E-state index is 0.119. The van der Waals surface area contributed by atoms with Crippen LogP contribution in [0.1, 0.15) is 66.4 Å². The minimum atomic E-state index is -0.314. The molecular formula is C27H34N2O3. The lowest BCUT2D eigenvalue weighted by molar-refractivity contribution is -0.129. The lowest BCUT2D eigenvalue weighted by Crippen LogP contribution is -2.44. The van der Waals surface area contributed by atoms with Crippen LogP contribution in [0.3, 0.4) is 0 Å². The molecule has 1 amide bonds. The number of benzene rings is 2. The predicted molar refractivity (Wildman–Crippen MR) is 125 cm³/mol. The molecule has 1 unspecified atom stereocenters. The summed E-state index contributed by atoms with van der Waals surface area (Å²) in [4.78, 5) is 26.5. The minimum Gasteiger partial charge on any atom is -0.465 e. The monoisotopic (exact) mass is 434 g/mol. The summed E-state index contributed by atoms with van der Waals surface area (Å²) in [6.45, 7) is 2.47. The Bertz CT molecular complexity index is 904. The van der Waals surface area contributed by atoms with Gasteiger partial charge in [0.25, 0.3) is 0 Å². The maximum absolute atomic E-state index is 12.8. The lowest BCUT2D eigenvalue weighted by atomic mass is 9.78. The number of methoxy groups -OCH3 is 1. The van der Waals surface area contributed by atoms with Crippen LogP contribution in [0.25, 0.3) is 0 Å². The average Bonchev–Trinajstić information content (AvgIpc) is 3.45. The summed E-state index contributed by atoms with van der Waals surface area (Å²) in [6, 6.07) is 18.6. The van der Waals surface area contributed by atoms with E-state index in [1.807, 2.05) is 12.1 Å². The fraction of sp³-hybridized carbons (Fsp3) is 0.481. The molecular weight excluding hydrogens is 400 g/mol. The molecule has 1 atom stereocenters. The Hall–Kier alpha value is -2.66. The van der Waals surface area contributed by atoms with Crippen LogP contribution >= 0.6 is 0 Å². The predicted octanol–water partition coefficient (Wildman–Crippen LogP) is 4.46. The maximum atomic E-state index is 12.8. The zero-order valence-electron chi connectivity index (χ0n) is 19.0. The largest absolute Gasteiger partial charge is 0.465 e. The zero-order valence-corrected chi connectivity index (χ0v) is 19.0. The summed E-state index contributed by atoms with van der Waals surface area (Å²) in [5.41, 5.74) is 3.21. The fourth-order valence-corrected chi connectivity index (χ4v) is 5.40. The smallest absolute Gasteiger partial charge is 0.337 e. The number of nitrogens with one attached hydrogen (secondary N) is 1. The van der Waals surface area contributed by atoms with Gasteiger partial charge in [-0.15, -0.1) is 0 Å². The summed E-state index contributed by atoms with van der Waals surface area (Å²) in [5, 5.41) is 3.51. The summed E-state index contributed by atoms with van der Waals surface area (Å²) >= 11 is 0. The second-order valence-corrected chi connectivity index (χ2v) is 9.22. The number of rotatable bonds is 9. The van der Waals surface area contributed by atoms with Crippen molar-refractivity contribution in [2.45, 2.75) is 62.9 Å². The van der Waals surface area contributed by atoms with E-state index in [1.54, 1.807) is 12.1 Å². The van der Waals surface area contributed by atoms with Gasteiger partial charge in [0.15, 0.2) is 0 Å². The van der Waals surface area contributed by atoms with E-state index in [4.69, 9.17) is 4.74 Å². The number of nitrogens with zero attached hydrogens (tertiary/aromatic N) is 1. The third kappa shape index (κ3) is 5.04. The van der Waals surface area contributed by atoms with Crippen molar-refractivity contribution in [3.63, 3.8) is 0 Å². The molecule has 0 spiro atoms. The van der Waals surface area contributed by atoms with Gasteiger partial charge in [0.2, 0.25) is 5.91 Å². The highest BCUT2D eigenvalue weighted by molar-refractivity contribution is 5.89. The van der Waals surface area contributed by atoms with Crippen LogP contribution in [0.4, 0.5) is 0 Å². The fourth-order valence-electron chi connectivity index (χ4n) is 5.40. The molecule has 0 aromatic heterocycles. The van der Waals surface area contributed by atoms with Gasteiger partial charge in [0.1, 0.15) is 0 Å². The van der Waals surface area contributed by atoms with E-state index in [9.17, 15) is 9.59 Å². The Morgan fingerprint density at radius 1 is 1.09 bits per heavy atom. The highest BCUT2D eigenvalue weighted by Crippen LogP contribution is 2.43. The first kappa shape index (κ1) is 22.5. The van der Waals surface area contributed by atoms with Crippen LogP contribution in [0.2, 0.25) is 0 Å². The van der Waals surface area contributed by atoms with E-state index in [-0.39, 0.29) is 11.4 Å². The SMILES string of the molecule is COC(=O)c1ccc(CNCCC2CCC(=O)N2CC2(c3ccccc3)CCCC2)cc1. The Balaban J connectivity index is 1.32. The molecule has 1 aliphatic heterocycles. The highest BCUT2D eigenvalue weighted by atomic mass is 16.5. The molecule has 2 fully saturated rings. The second kappa shape index (κ2) is 10.3. The summed E-state index contributed by atoms with van der Waals surface area (Å²) < 4.78 is 4.75. The molecule has 1 saturated heterocycles. The molecule has 170 valence electrons. The van der Waals surface area contributed by atoms with Gasteiger partial charge in [-0.05, 0) is 55.5 Å². The van der Waals surface area contributed by atoms with Gasteiger partial charge < -0.3 is 15.0 Å². The molecule has 32 heavy (non-hydrogen) atoms. The van der Waals surface area contributed by atoms with Crippen molar-refractivity contribution in [2.75, 3.05) is 20.2 Å². The molecule has 2 aromatic carbocycles. The standard InChI is InChI=1S/C27H34N2O3/c1-32-26(31)22-11-9-21(10-12-22)19-28-18-15-24-13-14-25(30)29(24)20-27(16-5-6-17-27)23-7-3-2-4-8-23/h2-4,7-12,24,28H,5-6,13-20H2,1H3. The number of likely N-dealkylation sites (tertiary alicyclic amines) is 1. The normalized spacial score (nSPS) is 20.0. The van der Waals surface area contributed by atoms with Gasteiger partial charge in [0.05, 0.1) is 12.7 Å². The number of carbonyl (C=O) groups excluding carboxylic acids is 2. The molecule has 1 N–H and O–H groups in total. The third-order valence-electron chi connectivity index (χ3n) is 7.23. The molecule has 2 aromatic rings. The molecule has 4 rings (SSSR count). The second-order valence-electron chi connectivity index (χ2n) is 9.22. The van der Waals surface area contributed by atoms with E-state index in [0.717, 1.165) is 38.0 Å². The van der Waals surface area contributed by atoms with E-state index >= 15 is 0 Å². The first-order valence-electron chi connectivity index (χ1n) is 11.8. The third-order valence-corrected chi connectivity index (χ3v) is 7.23. The van der Waals surface area contributed by atoms with E-state index in [2.05, 4.69) is 40.5 Å². The van der Waals surface area contributed by atoms with Crippen LogP contribution in [0.15, 0.2) is 54.6 Å². The van der Waals surface area contributed by atoms with Crippen molar-refractivity contribution in [1.82, 2.24) is 10.2 Å². The van der Waals surface area contributed by atoms with Crippen LogP contribution in [-0.2, 0) is 21.5 Å². The zero-order chi connectivity index (χ0) is 22.4. The van der Waals surface area contributed by atoms with Gasteiger partial charge in [-0.2, -0.15) is 0 Å². The van der Waals surface area contributed by atoms with Crippen molar-refractivity contribution >= 4 is 11.9 Å². The molecule has 0 radical (unpaired) electrons. The number of hydrogen-bond acceptors (Lipinski definition) is 4. The molecule has 5 nitrogen and oxygen atoms in total. The number of amides is 1. The van der Waals surface area contributed by atoms with Crippen molar-refractivity contribution in [3.8, 4) is 0 Å². The van der Waals surface area contributed by atoms with Crippen molar-refractivity contribution in [3.05, 3.63) is 71.3 Å². The molecule has 1 aliphatic carbocycles. The van der Waals surface area contributed by atoms with Gasteiger partial charge in [-0.25, -0.2) is 4.79 Å². The molecule has 0 bridgehead atoms. The van der Waals surface area contributed by atoms with Crippen LogP contribution in [0.5, 0.6) is 0 Å². The highest BCUT2D eigenvalue weighted by Gasteiger charge is 2.41. The topological polar surface area (TPSA) is 58.6 Å². The Kier molecular flexibility index (Phi) is 7.26. The number of ether oxygens (including phenoxy) is 1. The Morgan fingerprint density at radius 3 is 2.50 bits per heavy atom. The van der Waals surface area contributed by atoms with Gasteiger partial charge >= 0.3 is 5.97 Å². The van der Waals surface area contributed by atoms with Gasteiger partial charge in [-0.3, -0.25) is 4.79 Å². The quantitative estimate of drug-likeness (QED) is 0.468. The van der Waals surface area contributed by atoms with Crippen molar-refractivity contribution in [1.29, 1.82) is 0 Å². The van der Waals surface area contributed by atoms with Crippen molar-refractivity contribution < 1.29 is 14.3 Å². The number of carbonyl (C=O) groups is 2. The molecule has 2 aliphatic rings. The first-order chi connectivity index (χ1) is 15.6. The summed E-state index contributed by atoms with van der Waals surface area (Å²) in [7, 11) is 1.39. The lowest BCUT2D eigenvalue weighted by Gasteiger charge is -2.37.